The standard InChI is InChI=1S/C12H17NO2/c1-7-4-8(2)12(9(3)5-7)10(13)6-11(14)15/h4-5,10H,6,13H2,1-3H3,(H,14,15)/t10-/m1/s1. The highest BCUT2D eigenvalue weighted by Gasteiger charge is 2.15. The Balaban J connectivity index is 3.08. The van der Waals surface area contributed by atoms with Crippen molar-refractivity contribution in [3.63, 3.8) is 0 Å². The molecule has 15 heavy (non-hydrogen) atoms. The molecular formula is C12H17NO2. The first-order chi connectivity index (χ1) is 6.91. The van der Waals surface area contributed by atoms with Gasteiger partial charge >= 0.3 is 0 Å². The van der Waals surface area contributed by atoms with Crippen molar-refractivity contribution in [1.82, 2.24) is 0 Å². The van der Waals surface area contributed by atoms with Gasteiger partial charge in [-0.1, -0.05) is 17.7 Å². The van der Waals surface area contributed by atoms with Crippen LogP contribution < -0.4 is 10.8 Å². The highest BCUT2D eigenvalue weighted by Crippen LogP contribution is 2.22. The van der Waals surface area contributed by atoms with Gasteiger partial charge in [0, 0.05) is 18.0 Å². The molecule has 0 spiro atoms. The van der Waals surface area contributed by atoms with Crippen LogP contribution in [0.2, 0.25) is 0 Å². The first kappa shape index (κ1) is 11.7. The van der Waals surface area contributed by atoms with Gasteiger partial charge in [-0.2, -0.15) is 0 Å². The predicted octanol–water partition coefficient (Wildman–Crippen LogP) is 0.0349. The molecule has 0 heterocycles. The van der Waals surface area contributed by atoms with Crippen LogP contribution in [-0.4, -0.2) is 5.97 Å². The van der Waals surface area contributed by atoms with Crippen molar-refractivity contribution in [2.24, 2.45) is 0 Å². The maximum Gasteiger partial charge on any atom is 0.116 e. The topological polar surface area (TPSA) is 67.8 Å². The molecule has 0 aliphatic heterocycles. The van der Waals surface area contributed by atoms with Gasteiger partial charge in [0.25, 0.3) is 0 Å². The van der Waals surface area contributed by atoms with E-state index in [0.29, 0.717) is 0 Å². The molecule has 0 saturated heterocycles. The largest absolute Gasteiger partial charge is 0.550 e. The number of benzene rings is 1. The van der Waals surface area contributed by atoms with E-state index in [1.54, 1.807) is 0 Å². The Hall–Kier alpha value is -1.35. The first-order valence-corrected chi connectivity index (χ1v) is 5.02. The Kier molecular flexibility index (Phi) is 3.48. The molecule has 0 saturated carbocycles. The second-order valence-electron chi connectivity index (χ2n) is 4.09. The van der Waals surface area contributed by atoms with Gasteiger partial charge in [0.2, 0.25) is 0 Å². The zero-order valence-corrected chi connectivity index (χ0v) is 9.46. The van der Waals surface area contributed by atoms with Gasteiger partial charge in [-0.05, 0) is 31.9 Å². The van der Waals surface area contributed by atoms with Gasteiger partial charge in [0.05, 0.1) is 0 Å². The Morgan fingerprint density at radius 1 is 1.33 bits per heavy atom. The molecule has 1 aromatic carbocycles. The monoisotopic (exact) mass is 207 g/mol. The summed E-state index contributed by atoms with van der Waals surface area (Å²) < 4.78 is 0. The summed E-state index contributed by atoms with van der Waals surface area (Å²) in [5, 5.41) is 10.5. The lowest BCUT2D eigenvalue weighted by atomic mass is 9.93. The Bertz CT molecular complexity index is 362. The maximum absolute atomic E-state index is 10.5. The summed E-state index contributed by atoms with van der Waals surface area (Å²) in [5.41, 5.74) is 8.31. The van der Waals surface area contributed by atoms with E-state index >= 15 is 0 Å². The normalized spacial score (nSPS) is 12.5. The van der Waals surface area contributed by atoms with Crippen molar-refractivity contribution < 1.29 is 15.6 Å². The summed E-state index contributed by atoms with van der Waals surface area (Å²) in [7, 11) is 0. The minimum Gasteiger partial charge on any atom is -0.550 e. The molecule has 1 rings (SSSR count). The Labute approximate surface area is 89.9 Å². The van der Waals surface area contributed by atoms with Gasteiger partial charge < -0.3 is 15.6 Å². The summed E-state index contributed by atoms with van der Waals surface area (Å²) in [6.07, 6.45) is -0.0231. The summed E-state index contributed by atoms with van der Waals surface area (Å²) in [5.74, 6) is -1.05. The molecule has 0 fully saturated rings. The number of rotatable bonds is 3. The lowest BCUT2D eigenvalue weighted by Crippen LogP contribution is -2.55. The van der Waals surface area contributed by atoms with E-state index in [9.17, 15) is 9.90 Å². The fourth-order valence-electron chi connectivity index (χ4n) is 2.14. The van der Waals surface area contributed by atoms with Crippen molar-refractivity contribution in [1.29, 1.82) is 0 Å². The number of carboxylic acid groups (broad SMARTS) is 1. The number of aryl methyl sites for hydroxylation is 3. The Morgan fingerprint density at radius 2 is 1.80 bits per heavy atom. The van der Waals surface area contributed by atoms with Gasteiger partial charge in [0.1, 0.15) is 6.04 Å². The second kappa shape index (κ2) is 4.45. The molecule has 0 bridgehead atoms. The highest BCUT2D eigenvalue weighted by molar-refractivity contribution is 5.65. The van der Waals surface area contributed by atoms with Crippen LogP contribution in [0.3, 0.4) is 0 Å². The van der Waals surface area contributed by atoms with Gasteiger partial charge in [-0.3, -0.25) is 0 Å². The molecule has 0 unspecified atom stereocenters. The van der Waals surface area contributed by atoms with E-state index in [0.717, 1.165) is 16.7 Å². The molecule has 0 radical (unpaired) electrons. The Morgan fingerprint density at radius 3 is 2.20 bits per heavy atom. The molecule has 82 valence electrons. The maximum atomic E-state index is 10.5. The summed E-state index contributed by atoms with van der Waals surface area (Å²) in [6.45, 7) is 6.01. The molecule has 3 N–H and O–H groups in total. The average Bonchev–Trinajstić information content (AvgIpc) is 1.99. The molecule has 1 atom stereocenters. The lowest BCUT2D eigenvalue weighted by Gasteiger charge is -2.16. The average molecular weight is 207 g/mol. The molecule has 3 nitrogen and oxygen atoms in total. The van der Waals surface area contributed by atoms with Gasteiger partial charge in [0.15, 0.2) is 0 Å². The van der Waals surface area contributed by atoms with Crippen LogP contribution in [0.1, 0.15) is 34.7 Å². The summed E-state index contributed by atoms with van der Waals surface area (Å²) >= 11 is 0. The van der Waals surface area contributed by atoms with E-state index in [1.165, 1.54) is 5.56 Å². The fourth-order valence-corrected chi connectivity index (χ4v) is 2.14. The van der Waals surface area contributed by atoms with Crippen molar-refractivity contribution in [2.75, 3.05) is 0 Å². The number of quaternary nitrogens is 1. The van der Waals surface area contributed by atoms with Crippen LogP contribution in [0, 0.1) is 20.8 Å². The molecule has 0 aromatic heterocycles. The highest BCUT2D eigenvalue weighted by atomic mass is 16.4. The lowest BCUT2D eigenvalue weighted by molar-refractivity contribution is -0.430. The van der Waals surface area contributed by atoms with Gasteiger partial charge in [-0.15, -0.1) is 0 Å². The SMILES string of the molecule is Cc1cc(C)c([C@H]([NH3+])CC(=O)[O-])c(C)c1. The zero-order chi connectivity index (χ0) is 11.6. The minimum atomic E-state index is -1.05. The summed E-state index contributed by atoms with van der Waals surface area (Å²) in [4.78, 5) is 10.5. The summed E-state index contributed by atoms with van der Waals surface area (Å²) in [6, 6.07) is 3.88. The van der Waals surface area contributed by atoms with Crippen molar-refractivity contribution in [3.8, 4) is 0 Å². The van der Waals surface area contributed by atoms with Crippen LogP contribution in [-0.2, 0) is 4.79 Å². The third-order valence-corrected chi connectivity index (χ3v) is 2.56. The molecule has 0 aliphatic rings. The van der Waals surface area contributed by atoms with E-state index in [2.05, 4.69) is 17.9 Å². The van der Waals surface area contributed by atoms with E-state index < -0.39 is 5.97 Å². The number of hydrogen-bond donors (Lipinski definition) is 1. The van der Waals surface area contributed by atoms with Crippen LogP contribution in [0.15, 0.2) is 12.1 Å². The van der Waals surface area contributed by atoms with Gasteiger partial charge in [-0.25, -0.2) is 0 Å². The quantitative estimate of drug-likeness (QED) is 0.760. The minimum absolute atomic E-state index is 0.0231. The number of carboxylic acids is 1. The van der Waals surface area contributed by atoms with E-state index in [4.69, 9.17) is 0 Å². The van der Waals surface area contributed by atoms with E-state index in [-0.39, 0.29) is 12.5 Å². The smallest absolute Gasteiger partial charge is 0.116 e. The number of carbonyl (C=O) groups excluding carboxylic acids is 1. The van der Waals surface area contributed by atoms with Crippen LogP contribution >= 0.6 is 0 Å². The van der Waals surface area contributed by atoms with Crippen molar-refractivity contribution in [2.45, 2.75) is 33.2 Å². The zero-order valence-electron chi connectivity index (χ0n) is 9.46. The third kappa shape index (κ3) is 2.80. The fraction of sp³-hybridized carbons (Fsp3) is 0.417. The third-order valence-electron chi connectivity index (χ3n) is 2.56. The number of hydrogen-bond acceptors (Lipinski definition) is 2. The second-order valence-corrected chi connectivity index (χ2v) is 4.09. The molecule has 3 heteroatoms. The van der Waals surface area contributed by atoms with Crippen LogP contribution in [0.5, 0.6) is 0 Å². The molecule has 1 aromatic rings. The van der Waals surface area contributed by atoms with E-state index in [1.807, 2.05) is 20.8 Å². The van der Waals surface area contributed by atoms with Crippen LogP contribution in [0.4, 0.5) is 0 Å². The van der Waals surface area contributed by atoms with Crippen molar-refractivity contribution in [3.05, 3.63) is 34.4 Å². The van der Waals surface area contributed by atoms with Crippen molar-refractivity contribution >= 4 is 5.97 Å². The number of aliphatic carboxylic acids is 1. The molecule has 0 amide bonds. The van der Waals surface area contributed by atoms with Crippen LogP contribution in [0.25, 0.3) is 0 Å². The predicted molar refractivity (Wildman–Crippen MR) is 55.9 cm³/mol. The first-order valence-electron chi connectivity index (χ1n) is 5.02. The number of carbonyl (C=O) groups is 1. The molecule has 0 aliphatic carbocycles. The molecular weight excluding hydrogens is 190 g/mol.